The first-order chi connectivity index (χ1) is 7.91. The van der Waals surface area contributed by atoms with E-state index in [1.54, 1.807) is 4.68 Å². The Morgan fingerprint density at radius 3 is 2.47 bits per heavy atom. The Kier molecular flexibility index (Phi) is 2.95. The van der Waals surface area contributed by atoms with Gasteiger partial charge in [-0.15, -0.1) is 0 Å². The molecule has 1 aliphatic rings. The molecular weight excluding hydrogens is 216 g/mol. The molecule has 2 N–H and O–H groups in total. The Bertz CT molecular complexity index is 442. The highest BCUT2D eigenvalue weighted by Crippen LogP contribution is 2.20. The van der Waals surface area contributed by atoms with Crippen LogP contribution in [0.1, 0.15) is 28.7 Å². The lowest BCUT2D eigenvalue weighted by Crippen LogP contribution is -2.32. The van der Waals surface area contributed by atoms with Gasteiger partial charge in [-0.3, -0.25) is 9.48 Å². The summed E-state index contributed by atoms with van der Waals surface area (Å²) >= 11 is 0. The molecule has 2 rings (SSSR count). The summed E-state index contributed by atoms with van der Waals surface area (Å²) in [5, 5.41) is 4.28. The molecule has 1 saturated heterocycles. The Morgan fingerprint density at radius 2 is 2.06 bits per heavy atom. The standard InChI is InChI=1S/C12H20N4O/c1-7-5-16(6-10(7)13)12(17)11-8(2)14-15(4)9(11)3/h7,10H,5-6,13H2,1-4H3. The molecule has 2 atom stereocenters. The first-order valence-corrected chi connectivity index (χ1v) is 5.97. The fourth-order valence-electron chi connectivity index (χ4n) is 2.40. The zero-order chi connectivity index (χ0) is 12.7. The van der Waals surface area contributed by atoms with Crippen LogP contribution in [0.4, 0.5) is 0 Å². The molecule has 17 heavy (non-hydrogen) atoms. The van der Waals surface area contributed by atoms with Crippen molar-refractivity contribution in [3.05, 3.63) is 17.0 Å². The van der Waals surface area contributed by atoms with Crippen LogP contribution in [0.5, 0.6) is 0 Å². The minimum absolute atomic E-state index is 0.0629. The number of carbonyl (C=O) groups is 1. The van der Waals surface area contributed by atoms with E-state index in [-0.39, 0.29) is 11.9 Å². The fraction of sp³-hybridized carbons (Fsp3) is 0.667. The van der Waals surface area contributed by atoms with Gasteiger partial charge >= 0.3 is 0 Å². The summed E-state index contributed by atoms with van der Waals surface area (Å²) in [6.45, 7) is 7.27. The van der Waals surface area contributed by atoms with Gasteiger partial charge in [-0.25, -0.2) is 0 Å². The molecule has 5 nitrogen and oxygen atoms in total. The number of carbonyl (C=O) groups excluding carboxylic acids is 1. The number of amides is 1. The molecule has 2 unspecified atom stereocenters. The topological polar surface area (TPSA) is 64.2 Å². The lowest BCUT2D eigenvalue weighted by atomic mass is 10.1. The molecule has 1 aromatic heterocycles. The van der Waals surface area contributed by atoms with Gasteiger partial charge in [0.05, 0.1) is 11.3 Å². The van der Waals surface area contributed by atoms with Crippen molar-refractivity contribution in [1.29, 1.82) is 0 Å². The lowest BCUT2D eigenvalue weighted by molar-refractivity contribution is 0.0785. The summed E-state index contributed by atoms with van der Waals surface area (Å²) in [4.78, 5) is 14.2. The van der Waals surface area contributed by atoms with Crippen LogP contribution in [0.3, 0.4) is 0 Å². The van der Waals surface area contributed by atoms with E-state index in [0.29, 0.717) is 12.5 Å². The lowest BCUT2D eigenvalue weighted by Gasteiger charge is -2.16. The first kappa shape index (κ1) is 12.1. The minimum Gasteiger partial charge on any atom is -0.337 e. The second kappa shape index (κ2) is 4.14. The third kappa shape index (κ3) is 1.95. The van der Waals surface area contributed by atoms with E-state index in [4.69, 9.17) is 5.73 Å². The van der Waals surface area contributed by atoms with Gasteiger partial charge in [0, 0.05) is 31.9 Å². The Morgan fingerprint density at radius 1 is 1.41 bits per heavy atom. The summed E-state index contributed by atoms with van der Waals surface area (Å²) in [5.74, 6) is 0.434. The zero-order valence-electron chi connectivity index (χ0n) is 10.9. The largest absolute Gasteiger partial charge is 0.337 e. The van der Waals surface area contributed by atoms with Crippen molar-refractivity contribution in [2.45, 2.75) is 26.8 Å². The fourth-order valence-corrected chi connectivity index (χ4v) is 2.40. The summed E-state index contributed by atoms with van der Waals surface area (Å²) in [6.07, 6.45) is 0. The van der Waals surface area contributed by atoms with Gasteiger partial charge in [-0.05, 0) is 19.8 Å². The van der Waals surface area contributed by atoms with E-state index in [9.17, 15) is 4.79 Å². The van der Waals surface area contributed by atoms with E-state index < -0.39 is 0 Å². The van der Waals surface area contributed by atoms with Crippen molar-refractivity contribution in [1.82, 2.24) is 14.7 Å². The highest BCUT2D eigenvalue weighted by Gasteiger charge is 2.32. The van der Waals surface area contributed by atoms with Crippen LogP contribution in [0.25, 0.3) is 0 Å². The van der Waals surface area contributed by atoms with E-state index in [1.807, 2.05) is 25.8 Å². The summed E-state index contributed by atoms with van der Waals surface area (Å²) in [6, 6.07) is 0.0937. The quantitative estimate of drug-likeness (QED) is 0.770. The van der Waals surface area contributed by atoms with Crippen LogP contribution in [-0.4, -0.2) is 39.7 Å². The minimum atomic E-state index is 0.0629. The van der Waals surface area contributed by atoms with Crippen molar-refractivity contribution < 1.29 is 4.79 Å². The van der Waals surface area contributed by atoms with Gasteiger partial charge in [0.25, 0.3) is 5.91 Å². The van der Waals surface area contributed by atoms with Crippen molar-refractivity contribution in [3.8, 4) is 0 Å². The van der Waals surface area contributed by atoms with Gasteiger partial charge in [-0.1, -0.05) is 6.92 Å². The molecule has 5 heteroatoms. The van der Waals surface area contributed by atoms with Crippen LogP contribution < -0.4 is 5.73 Å². The van der Waals surface area contributed by atoms with Crippen LogP contribution in [0.15, 0.2) is 0 Å². The first-order valence-electron chi connectivity index (χ1n) is 5.97. The number of aryl methyl sites for hydroxylation is 2. The predicted octanol–water partition coefficient (Wildman–Crippen LogP) is 0.456. The SMILES string of the molecule is Cc1nn(C)c(C)c1C(=O)N1CC(C)C(N)C1. The zero-order valence-corrected chi connectivity index (χ0v) is 10.9. The highest BCUT2D eigenvalue weighted by atomic mass is 16.2. The smallest absolute Gasteiger partial charge is 0.257 e. The maximum absolute atomic E-state index is 12.4. The third-order valence-electron chi connectivity index (χ3n) is 3.68. The second-order valence-electron chi connectivity index (χ2n) is 5.02. The molecule has 0 spiro atoms. The number of rotatable bonds is 1. The molecule has 0 saturated carbocycles. The average molecular weight is 236 g/mol. The molecule has 0 bridgehead atoms. The van der Waals surface area contributed by atoms with Crippen molar-refractivity contribution in [2.75, 3.05) is 13.1 Å². The molecule has 2 heterocycles. The molecular formula is C12H20N4O. The normalized spacial score (nSPS) is 24.4. The summed E-state index contributed by atoms with van der Waals surface area (Å²) in [7, 11) is 1.86. The number of hydrogen-bond acceptors (Lipinski definition) is 3. The molecule has 0 radical (unpaired) electrons. The van der Waals surface area contributed by atoms with E-state index >= 15 is 0 Å². The second-order valence-corrected chi connectivity index (χ2v) is 5.02. The highest BCUT2D eigenvalue weighted by molar-refractivity contribution is 5.96. The monoisotopic (exact) mass is 236 g/mol. The number of nitrogens with zero attached hydrogens (tertiary/aromatic N) is 3. The predicted molar refractivity (Wildman–Crippen MR) is 65.7 cm³/mol. The van der Waals surface area contributed by atoms with Crippen molar-refractivity contribution >= 4 is 5.91 Å². The summed E-state index contributed by atoms with van der Waals surface area (Å²) in [5.41, 5.74) is 8.39. The Labute approximate surface area is 102 Å². The van der Waals surface area contributed by atoms with Crippen LogP contribution >= 0.6 is 0 Å². The van der Waals surface area contributed by atoms with Crippen LogP contribution in [0.2, 0.25) is 0 Å². The van der Waals surface area contributed by atoms with Crippen LogP contribution in [0, 0.1) is 19.8 Å². The van der Waals surface area contributed by atoms with Crippen molar-refractivity contribution in [3.63, 3.8) is 0 Å². The maximum atomic E-state index is 12.4. The number of likely N-dealkylation sites (tertiary alicyclic amines) is 1. The maximum Gasteiger partial charge on any atom is 0.257 e. The Balaban J connectivity index is 2.26. The molecule has 1 aliphatic heterocycles. The Hall–Kier alpha value is -1.36. The van der Waals surface area contributed by atoms with E-state index in [1.165, 1.54) is 0 Å². The third-order valence-corrected chi connectivity index (χ3v) is 3.68. The molecule has 1 aromatic rings. The molecule has 1 amide bonds. The average Bonchev–Trinajstić information content (AvgIpc) is 2.70. The molecule has 1 fully saturated rings. The van der Waals surface area contributed by atoms with Gasteiger partial charge in [0.15, 0.2) is 0 Å². The summed E-state index contributed by atoms with van der Waals surface area (Å²) < 4.78 is 1.75. The molecule has 0 aromatic carbocycles. The van der Waals surface area contributed by atoms with Gasteiger partial charge in [0.1, 0.15) is 0 Å². The number of aromatic nitrogens is 2. The van der Waals surface area contributed by atoms with Gasteiger partial charge in [-0.2, -0.15) is 5.10 Å². The van der Waals surface area contributed by atoms with E-state index in [0.717, 1.165) is 23.5 Å². The van der Waals surface area contributed by atoms with Gasteiger partial charge < -0.3 is 10.6 Å². The molecule has 0 aliphatic carbocycles. The van der Waals surface area contributed by atoms with Crippen LogP contribution in [-0.2, 0) is 7.05 Å². The number of nitrogens with two attached hydrogens (primary N) is 1. The van der Waals surface area contributed by atoms with Crippen molar-refractivity contribution in [2.24, 2.45) is 18.7 Å². The molecule has 94 valence electrons. The number of hydrogen-bond donors (Lipinski definition) is 1. The van der Waals surface area contributed by atoms with E-state index in [2.05, 4.69) is 12.0 Å². The van der Waals surface area contributed by atoms with Gasteiger partial charge in [0.2, 0.25) is 0 Å².